The van der Waals surface area contributed by atoms with E-state index in [1.54, 1.807) is 43.9 Å². The van der Waals surface area contributed by atoms with Gasteiger partial charge in [-0.3, -0.25) is 9.10 Å². The number of nitrogens with zero attached hydrogens (tertiary/aromatic N) is 3. The summed E-state index contributed by atoms with van der Waals surface area (Å²) in [5, 5.41) is 12.1. The third-order valence-electron chi connectivity index (χ3n) is 9.58. The molecule has 2 atom stereocenters. The Balaban J connectivity index is 1.31. The van der Waals surface area contributed by atoms with Gasteiger partial charge < -0.3 is 33.8 Å². The molecule has 3 aromatic rings. The summed E-state index contributed by atoms with van der Waals surface area (Å²) in [5.74, 6) is -0.674. The number of aromatic nitrogens is 1. The first kappa shape index (κ1) is 42.3. The first-order valence-electron chi connectivity index (χ1n) is 18.7. The molecule has 1 aliphatic heterocycles. The van der Waals surface area contributed by atoms with Gasteiger partial charge in [0, 0.05) is 24.2 Å². The van der Waals surface area contributed by atoms with E-state index in [0.29, 0.717) is 53.5 Å². The molecule has 310 valence electrons. The van der Waals surface area contributed by atoms with Gasteiger partial charge in [-0.25, -0.2) is 13.2 Å². The zero-order valence-electron chi connectivity index (χ0n) is 31.7. The highest BCUT2D eigenvalue weighted by molar-refractivity contribution is 7.74. The van der Waals surface area contributed by atoms with Gasteiger partial charge in [0.15, 0.2) is 23.9 Å². The molecule has 2 aromatic carbocycles. The molecule has 1 aromatic heterocycles. The highest BCUT2D eigenvalue weighted by atomic mass is 35.5. The lowest BCUT2D eigenvalue weighted by atomic mass is 10.0. The summed E-state index contributed by atoms with van der Waals surface area (Å²) in [5.41, 5.74) is 0.406. The van der Waals surface area contributed by atoms with E-state index in [9.17, 15) is 32.0 Å². The average molecular weight is 857 g/mol. The topological polar surface area (TPSA) is 148 Å². The van der Waals surface area contributed by atoms with Crippen molar-refractivity contribution in [2.75, 3.05) is 35.5 Å². The number of thiol groups is 1. The summed E-state index contributed by atoms with van der Waals surface area (Å²) >= 11 is 12.9. The maximum absolute atomic E-state index is 14.3. The Hall–Kier alpha value is -4.28. The van der Waals surface area contributed by atoms with E-state index in [2.05, 4.69) is 0 Å². The fraction of sp³-hybridized carbons (Fsp3) is 0.513. The van der Waals surface area contributed by atoms with Gasteiger partial charge >= 0.3 is 18.6 Å². The van der Waals surface area contributed by atoms with Crippen LogP contribution in [-0.4, -0.2) is 64.9 Å². The minimum absolute atomic E-state index is 0.0214. The van der Waals surface area contributed by atoms with Crippen molar-refractivity contribution in [2.24, 2.45) is 11.8 Å². The van der Waals surface area contributed by atoms with Crippen molar-refractivity contribution in [1.82, 2.24) is 0 Å². The smallest absolute Gasteiger partial charge is 0.387 e. The highest BCUT2D eigenvalue weighted by Crippen LogP contribution is 2.41. The lowest BCUT2D eigenvalue weighted by Crippen LogP contribution is -2.38. The van der Waals surface area contributed by atoms with Gasteiger partial charge in [0.2, 0.25) is 10.9 Å². The first-order chi connectivity index (χ1) is 27.0. The number of carbonyl (C=O) groups excluding carboxylic acids is 2. The largest absolute Gasteiger partial charge is 0.619 e. The molecule has 18 heteroatoms. The number of benzene rings is 2. The van der Waals surface area contributed by atoms with Crippen molar-refractivity contribution in [3.8, 4) is 17.2 Å². The Labute approximate surface area is 341 Å². The Morgan fingerprint density at radius 2 is 1.58 bits per heavy atom. The Kier molecular flexibility index (Phi) is 13.4. The van der Waals surface area contributed by atoms with Crippen LogP contribution in [0.15, 0.2) is 48.8 Å². The van der Waals surface area contributed by atoms with Gasteiger partial charge in [-0.1, -0.05) is 29.3 Å². The van der Waals surface area contributed by atoms with Crippen LogP contribution in [0.4, 0.5) is 20.2 Å². The van der Waals surface area contributed by atoms with Crippen LogP contribution in [0.25, 0.3) is 0 Å². The minimum Gasteiger partial charge on any atom is -0.619 e. The van der Waals surface area contributed by atoms with E-state index < -0.39 is 53.7 Å². The van der Waals surface area contributed by atoms with Gasteiger partial charge in [-0.15, -0.1) is 0 Å². The third-order valence-corrected chi connectivity index (χ3v) is 11.0. The van der Waals surface area contributed by atoms with E-state index in [-0.39, 0.29) is 51.9 Å². The van der Waals surface area contributed by atoms with Gasteiger partial charge in [-0.05, 0) is 107 Å². The van der Waals surface area contributed by atoms with E-state index >= 15 is 0 Å². The molecule has 0 N–H and O–H groups in total. The SMILES string of the molecule is CC(C)(C)OC(=O)CN(c1cc(N2CCC[C@H]2C(=O)O[C@@H](Cc2c(Cl)c[n+]([O-])cc2Cl)c2ccc(OC(F)F)c(OCC3CC3)c2)ccc1OCC1CC1)[SH](=O)=O. The van der Waals surface area contributed by atoms with Crippen LogP contribution in [0, 0.1) is 17.0 Å². The number of halogens is 4. The predicted octanol–water partition coefficient (Wildman–Crippen LogP) is 6.98. The number of carbonyl (C=O) groups is 2. The fourth-order valence-corrected chi connectivity index (χ4v) is 7.59. The van der Waals surface area contributed by atoms with Crippen molar-refractivity contribution >= 4 is 57.4 Å². The molecular formula is C39H45Cl2F2N3O10S. The van der Waals surface area contributed by atoms with Crippen LogP contribution in [-0.2, 0) is 36.4 Å². The van der Waals surface area contributed by atoms with Gasteiger partial charge in [-0.2, -0.15) is 13.5 Å². The normalized spacial score (nSPS) is 17.4. The fourth-order valence-electron chi connectivity index (χ4n) is 6.43. The summed E-state index contributed by atoms with van der Waals surface area (Å²) in [6.07, 6.45) is 5.87. The van der Waals surface area contributed by atoms with Crippen molar-refractivity contribution < 1.29 is 55.2 Å². The summed E-state index contributed by atoms with van der Waals surface area (Å²) in [6.45, 7) is 2.38. The van der Waals surface area contributed by atoms with Gasteiger partial charge in [0.25, 0.3) is 0 Å². The van der Waals surface area contributed by atoms with Gasteiger partial charge in [0.1, 0.15) is 40.1 Å². The van der Waals surface area contributed by atoms with Crippen LogP contribution >= 0.6 is 23.2 Å². The zero-order valence-corrected chi connectivity index (χ0v) is 34.1. The predicted molar refractivity (Wildman–Crippen MR) is 208 cm³/mol. The lowest BCUT2D eigenvalue weighted by molar-refractivity contribution is -0.605. The first-order valence-corrected chi connectivity index (χ1v) is 20.6. The molecule has 0 radical (unpaired) electrons. The summed E-state index contributed by atoms with van der Waals surface area (Å²) in [6, 6.07) is 8.30. The molecule has 0 spiro atoms. The molecule has 0 bridgehead atoms. The molecular weight excluding hydrogens is 811 g/mol. The second-order valence-electron chi connectivity index (χ2n) is 15.4. The van der Waals surface area contributed by atoms with Crippen LogP contribution < -0.4 is 28.1 Å². The molecule has 2 saturated carbocycles. The van der Waals surface area contributed by atoms with Crippen LogP contribution in [0.2, 0.25) is 10.0 Å². The molecule has 3 aliphatic rings. The minimum atomic E-state index is -3.33. The summed E-state index contributed by atoms with van der Waals surface area (Å²) in [7, 11) is -3.33. The second kappa shape index (κ2) is 18.1. The van der Waals surface area contributed by atoms with E-state index in [4.69, 9.17) is 46.9 Å². The molecule has 0 amide bonds. The number of ether oxygens (including phenoxy) is 5. The maximum atomic E-state index is 14.3. The van der Waals surface area contributed by atoms with Crippen LogP contribution in [0.1, 0.15) is 76.5 Å². The lowest BCUT2D eigenvalue weighted by Gasteiger charge is -2.29. The highest BCUT2D eigenvalue weighted by Gasteiger charge is 2.36. The number of alkyl halides is 2. The number of pyridine rings is 1. The summed E-state index contributed by atoms with van der Waals surface area (Å²) < 4.78 is 81.7. The van der Waals surface area contributed by atoms with Crippen molar-refractivity contribution in [3.05, 3.63) is 75.2 Å². The molecule has 2 aliphatic carbocycles. The Morgan fingerprint density at radius 3 is 2.18 bits per heavy atom. The molecule has 0 unspecified atom stereocenters. The second-order valence-corrected chi connectivity index (χ2v) is 17.2. The van der Waals surface area contributed by atoms with E-state index in [1.165, 1.54) is 18.2 Å². The van der Waals surface area contributed by atoms with Crippen molar-refractivity contribution in [3.63, 3.8) is 0 Å². The monoisotopic (exact) mass is 855 g/mol. The Morgan fingerprint density at radius 1 is 0.947 bits per heavy atom. The van der Waals surface area contributed by atoms with E-state index in [0.717, 1.165) is 42.4 Å². The Bertz CT molecular complexity index is 2000. The number of hydrogen-bond acceptors (Lipinski definition) is 11. The number of anilines is 2. The molecule has 1 saturated heterocycles. The quantitative estimate of drug-likeness (QED) is 0.0612. The molecule has 13 nitrogen and oxygen atoms in total. The van der Waals surface area contributed by atoms with Crippen molar-refractivity contribution in [2.45, 2.75) is 90.1 Å². The molecule has 6 rings (SSSR count). The maximum Gasteiger partial charge on any atom is 0.387 e. The van der Waals surface area contributed by atoms with Crippen molar-refractivity contribution in [1.29, 1.82) is 0 Å². The third kappa shape index (κ3) is 11.7. The van der Waals surface area contributed by atoms with Crippen LogP contribution in [0.5, 0.6) is 17.2 Å². The zero-order chi connectivity index (χ0) is 41.0. The van der Waals surface area contributed by atoms with Gasteiger partial charge in [0.05, 0.1) is 18.9 Å². The number of hydrogen-bond donors (Lipinski definition) is 1. The molecule has 3 fully saturated rings. The molecule has 57 heavy (non-hydrogen) atoms. The molecule has 2 heterocycles. The standard InChI is InChI=1S/C39H45Cl2F2N3O10S/c1-39(2,3)56-36(47)20-46(57(50)51)31-16-26(11-13-32(31)52-21-23-6-7-23)45-14-4-5-30(45)37(48)54-34(17-27-28(40)18-44(49)19-29(27)41)25-10-12-33(55-38(42)43)35(15-25)53-22-24-8-9-24/h10-13,15-16,18-19,23-24,30,34,38,57H,4-9,14,17,20-22H2,1-3H3/t30-,34-/m0/s1. The van der Waals surface area contributed by atoms with E-state index in [1.807, 2.05) is 0 Å². The van der Waals surface area contributed by atoms with Crippen LogP contribution in [0.3, 0.4) is 0 Å². The number of rotatable bonds is 18. The number of esters is 2. The average Bonchev–Trinajstić information content (AvgIpc) is 4.07. The summed E-state index contributed by atoms with van der Waals surface area (Å²) in [4.78, 5) is 28.9.